The zero-order valence-corrected chi connectivity index (χ0v) is 14.2. The number of nitrogens with two attached hydrogens (primary N) is 1. The second kappa shape index (κ2) is 6.78. The summed E-state index contributed by atoms with van der Waals surface area (Å²) in [5, 5.41) is 0. The van der Waals surface area contributed by atoms with Crippen molar-refractivity contribution < 1.29 is 0 Å². The van der Waals surface area contributed by atoms with Gasteiger partial charge in [-0.1, -0.05) is 6.92 Å². The Labute approximate surface area is 133 Å². The van der Waals surface area contributed by atoms with Crippen molar-refractivity contribution in [2.24, 2.45) is 11.7 Å². The lowest BCUT2D eigenvalue weighted by atomic mass is 10.0. The van der Waals surface area contributed by atoms with Crippen LogP contribution in [0.4, 0.5) is 0 Å². The summed E-state index contributed by atoms with van der Waals surface area (Å²) >= 11 is 1.92. The lowest BCUT2D eigenvalue weighted by molar-refractivity contribution is 0.0826. The van der Waals surface area contributed by atoms with E-state index in [-0.39, 0.29) is 6.04 Å². The Morgan fingerprint density at radius 1 is 1.24 bits per heavy atom. The summed E-state index contributed by atoms with van der Waals surface area (Å²) in [6.07, 6.45) is 3.96. The quantitative estimate of drug-likeness (QED) is 0.877. The molecule has 2 atom stereocenters. The lowest BCUT2D eigenvalue weighted by Gasteiger charge is -2.41. The molecule has 1 aliphatic carbocycles. The lowest BCUT2D eigenvalue weighted by Crippen LogP contribution is -2.51. The van der Waals surface area contributed by atoms with Gasteiger partial charge in [-0.15, -0.1) is 11.3 Å². The number of nitrogens with zero attached hydrogens (tertiary/aromatic N) is 2. The van der Waals surface area contributed by atoms with E-state index >= 15 is 0 Å². The first kappa shape index (κ1) is 15.5. The maximum Gasteiger partial charge on any atom is 0.0594 e. The summed E-state index contributed by atoms with van der Waals surface area (Å²) in [6.45, 7) is 10.5. The highest BCUT2D eigenvalue weighted by molar-refractivity contribution is 7.12. The van der Waals surface area contributed by atoms with Gasteiger partial charge in [0, 0.05) is 48.5 Å². The summed E-state index contributed by atoms with van der Waals surface area (Å²) in [7, 11) is 0. The van der Waals surface area contributed by atoms with Crippen LogP contribution >= 0.6 is 11.3 Å². The zero-order chi connectivity index (χ0) is 14.8. The van der Waals surface area contributed by atoms with E-state index in [1.165, 1.54) is 55.3 Å². The fraction of sp³-hybridized carbons (Fsp3) is 0.765. The van der Waals surface area contributed by atoms with Gasteiger partial charge < -0.3 is 10.6 Å². The van der Waals surface area contributed by atoms with Crippen LogP contribution in [0.25, 0.3) is 0 Å². The summed E-state index contributed by atoms with van der Waals surface area (Å²) < 4.78 is 0. The van der Waals surface area contributed by atoms with Gasteiger partial charge in [-0.05, 0) is 44.2 Å². The number of hydrogen-bond acceptors (Lipinski definition) is 4. The fourth-order valence-electron chi connectivity index (χ4n) is 3.39. The minimum atomic E-state index is 0.248. The molecule has 1 aliphatic heterocycles. The molecule has 2 aliphatic rings. The maximum atomic E-state index is 6.47. The zero-order valence-electron chi connectivity index (χ0n) is 13.4. The van der Waals surface area contributed by atoms with Gasteiger partial charge in [0.1, 0.15) is 0 Å². The van der Waals surface area contributed by atoms with E-state index in [0.717, 1.165) is 12.3 Å². The molecule has 1 aromatic rings. The Hall–Kier alpha value is -0.420. The van der Waals surface area contributed by atoms with Crippen molar-refractivity contribution in [3.05, 3.63) is 21.9 Å². The largest absolute Gasteiger partial charge is 0.326 e. The van der Waals surface area contributed by atoms with E-state index in [9.17, 15) is 0 Å². The Kier molecular flexibility index (Phi) is 4.99. The molecule has 0 radical (unpaired) electrons. The van der Waals surface area contributed by atoms with Gasteiger partial charge in [0.05, 0.1) is 6.04 Å². The van der Waals surface area contributed by atoms with Gasteiger partial charge >= 0.3 is 0 Å². The van der Waals surface area contributed by atoms with E-state index < -0.39 is 0 Å². The molecular formula is C17H29N3S. The first-order chi connectivity index (χ1) is 10.2. The van der Waals surface area contributed by atoms with Crippen molar-refractivity contribution in [2.75, 3.05) is 32.7 Å². The first-order valence-corrected chi connectivity index (χ1v) is 9.27. The summed E-state index contributed by atoms with van der Waals surface area (Å²) in [4.78, 5) is 8.13. The molecule has 0 amide bonds. The van der Waals surface area contributed by atoms with Gasteiger partial charge in [-0.25, -0.2) is 0 Å². The molecule has 0 bridgehead atoms. The molecule has 2 N–H and O–H groups in total. The number of rotatable bonds is 6. The highest BCUT2D eigenvalue weighted by Gasteiger charge is 2.31. The highest BCUT2D eigenvalue weighted by atomic mass is 32.1. The van der Waals surface area contributed by atoms with Gasteiger partial charge in [0.25, 0.3) is 0 Å². The van der Waals surface area contributed by atoms with Crippen molar-refractivity contribution >= 4 is 11.3 Å². The first-order valence-electron chi connectivity index (χ1n) is 8.45. The summed E-state index contributed by atoms with van der Waals surface area (Å²) in [5.41, 5.74) is 6.47. The molecule has 2 fully saturated rings. The van der Waals surface area contributed by atoms with Crippen LogP contribution in [0, 0.1) is 12.8 Å². The number of thiophene rings is 1. The smallest absolute Gasteiger partial charge is 0.0594 e. The third-order valence-corrected chi connectivity index (χ3v) is 6.01. The maximum absolute atomic E-state index is 6.47. The number of aryl methyl sites for hydroxylation is 1. The molecule has 1 saturated heterocycles. The number of hydrogen-bond donors (Lipinski definition) is 1. The molecule has 2 unspecified atom stereocenters. The molecule has 3 rings (SSSR count). The Balaban J connectivity index is 1.63. The molecule has 0 spiro atoms. The second-order valence-corrected chi connectivity index (χ2v) is 8.06. The molecular weight excluding hydrogens is 278 g/mol. The molecule has 0 aromatic carbocycles. The standard InChI is InChI=1S/C17H29N3S/c1-3-15(18)17(16-7-4-13(2)21-16)20-10-8-19(9-11-20)12-14-5-6-14/h4,7,14-15,17H,3,5-6,8-12,18H2,1-2H3. The van der Waals surface area contributed by atoms with E-state index in [2.05, 4.69) is 35.8 Å². The van der Waals surface area contributed by atoms with Gasteiger partial charge in [0.2, 0.25) is 0 Å². The fourth-order valence-corrected chi connectivity index (χ4v) is 4.48. The van der Waals surface area contributed by atoms with Crippen molar-refractivity contribution in [3.8, 4) is 0 Å². The molecule has 4 heteroatoms. The number of piperazine rings is 1. The third kappa shape index (κ3) is 3.86. The highest BCUT2D eigenvalue weighted by Crippen LogP contribution is 2.33. The van der Waals surface area contributed by atoms with Crippen molar-refractivity contribution in [1.82, 2.24) is 9.80 Å². The monoisotopic (exact) mass is 307 g/mol. The minimum absolute atomic E-state index is 0.248. The molecule has 1 aromatic heterocycles. The predicted molar refractivity (Wildman–Crippen MR) is 90.8 cm³/mol. The van der Waals surface area contributed by atoms with Crippen molar-refractivity contribution in [2.45, 2.75) is 45.2 Å². The Bertz CT molecular complexity index is 447. The van der Waals surface area contributed by atoms with Crippen LogP contribution in [0.3, 0.4) is 0 Å². The Morgan fingerprint density at radius 3 is 2.48 bits per heavy atom. The van der Waals surface area contributed by atoms with Crippen LogP contribution in [0.5, 0.6) is 0 Å². The van der Waals surface area contributed by atoms with Gasteiger partial charge in [-0.3, -0.25) is 4.90 Å². The SMILES string of the molecule is CCC(N)C(c1ccc(C)s1)N1CCN(CC2CC2)CC1. The van der Waals surface area contributed by atoms with Crippen LogP contribution in [0.15, 0.2) is 12.1 Å². The van der Waals surface area contributed by atoms with Crippen LogP contribution < -0.4 is 5.73 Å². The molecule has 21 heavy (non-hydrogen) atoms. The normalized spacial score (nSPS) is 24.1. The van der Waals surface area contributed by atoms with Crippen LogP contribution in [-0.2, 0) is 0 Å². The van der Waals surface area contributed by atoms with Crippen LogP contribution in [-0.4, -0.2) is 48.6 Å². The van der Waals surface area contributed by atoms with Crippen LogP contribution in [0.2, 0.25) is 0 Å². The third-order valence-electron chi connectivity index (χ3n) is 4.94. The van der Waals surface area contributed by atoms with Crippen molar-refractivity contribution in [1.29, 1.82) is 0 Å². The Morgan fingerprint density at radius 2 is 1.95 bits per heavy atom. The topological polar surface area (TPSA) is 32.5 Å². The van der Waals surface area contributed by atoms with E-state index in [1.807, 2.05) is 11.3 Å². The van der Waals surface area contributed by atoms with Crippen molar-refractivity contribution in [3.63, 3.8) is 0 Å². The average Bonchev–Trinajstić information content (AvgIpc) is 3.21. The predicted octanol–water partition coefficient (Wildman–Crippen LogP) is 2.86. The van der Waals surface area contributed by atoms with Crippen LogP contribution in [0.1, 0.15) is 42.0 Å². The molecule has 118 valence electrons. The minimum Gasteiger partial charge on any atom is -0.326 e. The van der Waals surface area contributed by atoms with E-state index in [1.54, 1.807) is 0 Å². The molecule has 3 nitrogen and oxygen atoms in total. The van der Waals surface area contributed by atoms with Gasteiger partial charge in [0.15, 0.2) is 0 Å². The summed E-state index contributed by atoms with van der Waals surface area (Å²) in [6, 6.07) is 5.19. The van der Waals surface area contributed by atoms with E-state index in [4.69, 9.17) is 5.73 Å². The molecule has 1 saturated carbocycles. The van der Waals surface area contributed by atoms with Gasteiger partial charge in [-0.2, -0.15) is 0 Å². The van der Waals surface area contributed by atoms with E-state index in [0.29, 0.717) is 6.04 Å². The molecule has 2 heterocycles. The second-order valence-electron chi connectivity index (χ2n) is 6.75. The average molecular weight is 308 g/mol. The summed E-state index contributed by atoms with van der Waals surface area (Å²) in [5.74, 6) is 1.00.